The van der Waals surface area contributed by atoms with E-state index in [0.717, 1.165) is 0 Å². The van der Waals surface area contributed by atoms with Gasteiger partial charge in [-0.1, -0.05) is 18.2 Å². The van der Waals surface area contributed by atoms with Crippen molar-refractivity contribution in [2.24, 2.45) is 5.14 Å². The van der Waals surface area contributed by atoms with Gasteiger partial charge in [0.2, 0.25) is 10.0 Å². The molecule has 0 radical (unpaired) electrons. The minimum absolute atomic E-state index is 0.0184. The van der Waals surface area contributed by atoms with Crippen LogP contribution in [0.1, 0.15) is 24.1 Å². The summed E-state index contributed by atoms with van der Waals surface area (Å²) < 4.78 is 56.9. The Hall–Kier alpha value is -2.92. The summed E-state index contributed by atoms with van der Waals surface area (Å²) in [7, 11) is -0.887. The molecule has 0 saturated heterocycles. The smallest absolute Gasteiger partial charge is 0.387 e. The number of primary sulfonamides is 1. The summed E-state index contributed by atoms with van der Waals surface area (Å²) in [6.45, 7) is -1.04. The molecule has 0 aliphatic carbocycles. The molecule has 8 nitrogen and oxygen atoms in total. The van der Waals surface area contributed by atoms with Gasteiger partial charge in [0.1, 0.15) is 0 Å². The third-order valence-corrected chi connectivity index (χ3v) is 5.19. The number of rotatable bonds is 8. The number of halogens is 2. The highest BCUT2D eigenvalue weighted by molar-refractivity contribution is 7.89. The molecule has 2 aromatic carbocycles. The highest BCUT2D eigenvalue weighted by Crippen LogP contribution is 2.29. The van der Waals surface area contributed by atoms with Gasteiger partial charge < -0.3 is 19.7 Å². The second-order valence-electron chi connectivity index (χ2n) is 6.51. The maximum Gasteiger partial charge on any atom is 0.387 e. The van der Waals surface area contributed by atoms with Gasteiger partial charge in [0, 0.05) is 13.6 Å². The maximum absolute atomic E-state index is 12.5. The van der Waals surface area contributed by atoms with Crippen LogP contribution >= 0.6 is 0 Å². The average Bonchev–Trinajstić information content (AvgIpc) is 2.68. The zero-order valence-electron chi connectivity index (χ0n) is 16.6. The molecule has 0 saturated carbocycles. The molecule has 164 valence electrons. The third-order valence-electron chi connectivity index (χ3n) is 4.26. The van der Waals surface area contributed by atoms with Crippen LogP contribution < -0.4 is 19.9 Å². The van der Waals surface area contributed by atoms with Crippen molar-refractivity contribution in [1.29, 1.82) is 0 Å². The van der Waals surface area contributed by atoms with Crippen LogP contribution in [0.15, 0.2) is 47.4 Å². The number of urea groups is 1. The van der Waals surface area contributed by atoms with Crippen molar-refractivity contribution in [2.75, 3.05) is 14.2 Å². The van der Waals surface area contributed by atoms with Crippen LogP contribution in [0.5, 0.6) is 11.5 Å². The Kier molecular flexibility index (Phi) is 7.57. The fourth-order valence-corrected chi connectivity index (χ4v) is 3.19. The van der Waals surface area contributed by atoms with E-state index in [1.165, 1.54) is 36.3 Å². The summed E-state index contributed by atoms with van der Waals surface area (Å²) in [5.41, 5.74) is 1.34. The van der Waals surface area contributed by atoms with Crippen LogP contribution in [0.3, 0.4) is 0 Å². The van der Waals surface area contributed by atoms with Crippen molar-refractivity contribution in [2.45, 2.75) is 31.0 Å². The van der Waals surface area contributed by atoms with E-state index in [2.05, 4.69) is 10.1 Å². The fraction of sp³-hybridized carbons (Fsp3) is 0.316. The molecule has 3 N–H and O–H groups in total. The van der Waals surface area contributed by atoms with E-state index >= 15 is 0 Å². The lowest BCUT2D eigenvalue weighted by molar-refractivity contribution is -0.0512. The number of nitrogens with two attached hydrogens (primary N) is 1. The van der Waals surface area contributed by atoms with Crippen LogP contribution in [0.4, 0.5) is 13.6 Å². The molecule has 0 spiro atoms. The van der Waals surface area contributed by atoms with E-state index in [4.69, 9.17) is 9.88 Å². The Morgan fingerprint density at radius 2 is 1.80 bits per heavy atom. The Balaban J connectivity index is 2.02. The molecule has 11 heteroatoms. The molecule has 0 aliphatic rings. The number of methoxy groups -OCH3 is 1. The van der Waals surface area contributed by atoms with Crippen LogP contribution in [0, 0.1) is 0 Å². The predicted molar refractivity (Wildman–Crippen MR) is 106 cm³/mol. The number of sulfonamides is 1. The van der Waals surface area contributed by atoms with E-state index < -0.39 is 22.7 Å². The standard InChI is InChI=1S/C19H23F2N3O5S/c1-12(14-5-7-15(8-6-14)30(22,26)27)23-19(25)24(2)11-13-4-9-16(29-18(20)21)17(10-13)28-3/h4-10,12,18H,11H2,1-3H3,(H,23,25)(H2,22,26,27). The SMILES string of the molecule is COc1cc(CN(C)C(=O)NC(C)c2ccc(S(N)(=O)=O)cc2)ccc1OC(F)F. The molecule has 0 aliphatic heterocycles. The highest BCUT2D eigenvalue weighted by Gasteiger charge is 2.16. The minimum Gasteiger partial charge on any atom is -0.493 e. The molecule has 1 unspecified atom stereocenters. The molecule has 30 heavy (non-hydrogen) atoms. The van der Waals surface area contributed by atoms with Crippen molar-refractivity contribution in [3.05, 3.63) is 53.6 Å². The number of amides is 2. The normalized spacial score (nSPS) is 12.4. The first kappa shape index (κ1) is 23.4. The second-order valence-corrected chi connectivity index (χ2v) is 8.07. The molecular formula is C19H23F2N3O5S. The molecule has 0 bridgehead atoms. The molecule has 0 fully saturated rings. The van der Waals surface area contributed by atoms with E-state index in [9.17, 15) is 22.0 Å². The highest BCUT2D eigenvalue weighted by atomic mass is 32.2. The zero-order valence-corrected chi connectivity index (χ0v) is 17.4. The molecule has 1 atom stereocenters. The van der Waals surface area contributed by atoms with Crippen molar-refractivity contribution in [1.82, 2.24) is 10.2 Å². The van der Waals surface area contributed by atoms with E-state index in [1.54, 1.807) is 32.2 Å². The molecule has 2 aromatic rings. The van der Waals surface area contributed by atoms with Gasteiger partial charge in [0.05, 0.1) is 18.0 Å². The molecule has 0 heterocycles. The van der Waals surface area contributed by atoms with Crippen molar-refractivity contribution in [3.63, 3.8) is 0 Å². The number of ether oxygens (including phenoxy) is 2. The number of hydrogen-bond donors (Lipinski definition) is 2. The summed E-state index contributed by atoms with van der Waals surface area (Å²) in [5.74, 6) is 0.0323. The fourth-order valence-electron chi connectivity index (χ4n) is 2.67. The van der Waals surface area contributed by atoms with Gasteiger partial charge in [-0.05, 0) is 42.3 Å². The van der Waals surface area contributed by atoms with Crippen molar-refractivity contribution < 1.29 is 31.5 Å². The molecule has 0 aromatic heterocycles. The number of carbonyl (C=O) groups excluding carboxylic acids is 1. The van der Waals surface area contributed by atoms with Crippen LogP contribution in [0.2, 0.25) is 0 Å². The third kappa shape index (κ3) is 6.29. The summed E-state index contributed by atoms with van der Waals surface area (Å²) in [6, 6.07) is 9.50. The van der Waals surface area contributed by atoms with Gasteiger partial charge in [-0.3, -0.25) is 0 Å². The van der Waals surface area contributed by atoms with Crippen molar-refractivity contribution in [3.8, 4) is 11.5 Å². The van der Waals surface area contributed by atoms with Gasteiger partial charge in [-0.2, -0.15) is 8.78 Å². The van der Waals surface area contributed by atoms with Gasteiger partial charge in [0.25, 0.3) is 0 Å². The molecule has 2 rings (SSSR count). The Labute approximate surface area is 173 Å². The van der Waals surface area contributed by atoms with Gasteiger partial charge >= 0.3 is 12.6 Å². The summed E-state index contributed by atoms with van der Waals surface area (Å²) in [4.78, 5) is 13.9. The lowest BCUT2D eigenvalue weighted by Crippen LogP contribution is -2.38. The van der Waals surface area contributed by atoms with Crippen LogP contribution in [0.25, 0.3) is 0 Å². The first-order valence-electron chi connectivity index (χ1n) is 8.77. The molecule has 2 amide bonds. The van der Waals surface area contributed by atoms with Gasteiger partial charge in [-0.15, -0.1) is 0 Å². The Morgan fingerprint density at radius 1 is 1.17 bits per heavy atom. The number of carbonyl (C=O) groups is 1. The lowest BCUT2D eigenvalue weighted by atomic mass is 10.1. The van der Waals surface area contributed by atoms with Gasteiger partial charge in [-0.25, -0.2) is 18.4 Å². The van der Waals surface area contributed by atoms with E-state index in [-0.39, 0.29) is 29.0 Å². The molecular weight excluding hydrogens is 420 g/mol. The van der Waals surface area contributed by atoms with E-state index in [1.807, 2.05) is 0 Å². The van der Waals surface area contributed by atoms with Crippen LogP contribution in [-0.4, -0.2) is 40.1 Å². The topological polar surface area (TPSA) is 111 Å². The van der Waals surface area contributed by atoms with E-state index in [0.29, 0.717) is 11.1 Å². The Bertz CT molecular complexity index is 984. The summed E-state index contributed by atoms with van der Waals surface area (Å²) in [6.07, 6.45) is 0. The predicted octanol–water partition coefficient (Wildman–Crippen LogP) is 2.85. The summed E-state index contributed by atoms with van der Waals surface area (Å²) >= 11 is 0. The van der Waals surface area contributed by atoms with Crippen molar-refractivity contribution >= 4 is 16.1 Å². The zero-order chi connectivity index (χ0) is 22.5. The number of nitrogens with one attached hydrogen (secondary N) is 1. The first-order valence-corrected chi connectivity index (χ1v) is 10.3. The quantitative estimate of drug-likeness (QED) is 0.652. The maximum atomic E-state index is 12.5. The number of benzene rings is 2. The second kappa shape index (κ2) is 9.72. The van der Waals surface area contributed by atoms with Gasteiger partial charge in [0.15, 0.2) is 11.5 Å². The number of nitrogens with zero attached hydrogens (tertiary/aromatic N) is 1. The lowest BCUT2D eigenvalue weighted by Gasteiger charge is -2.22. The monoisotopic (exact) mass is 443 g/mol. The number of hydrogen-bond acceptors (Lipinski definition) is 5. The van der Waals surface area contributed by atoms with Crippen LogP contribution in [-0.2, 0) is 16.6 Å². The Morgan fingerprint density at radius 3 is 2.33 bits per heavy atom. The number of alkyl halides is 2. The minimum atomic E-state index is -3.79. The largest absolute Gasteiger partial charge is 0.493 e. The average molecular weight is 443 g/mol. The first-order chi connectivity index (χ1) is 14.0. The summed E-state index contributed by atoms with van der Waals surface area (Å²) in [5, 5.41) is 7.86.